The van der Waals surface area contributed by atoms with Gasteiger partial charge in [-0.25, -0.2) is 0 Å². The van der Waals surface area contributed by atoms with Gasteiger partial charge in [-0.05, 0) is 60.9 Å². The van der Waals surface area contributed by atoms with Crippen LogP contribution in [0.4, 0.5) is 0 Å². The fourth-order valence-electron chi connectivity index (χ4n) is 5.47. The Kier molecular flexibility index (Phi) is 7.20. The summed E-state index contributed by atoms with van der Waals surface area (Å²) in [5, 5.41) is 20.2. The van der Waals surface area contributed by atoms with Crippen molar-refractivity contribution in [1.29, 1.82) is 0 Å². The van der Waals surface area contributed by atoms with Crippen LogP contribution in [0.15, 0.2) is 24.3 Å². The lowest BCUT2D eigenvalue weighted by molar-refractivity contribution is -0.0262. The van der Waals surface area contributed by atoms with E-state index >= 15 is 0 Å². The van der Waals surface area contributed by atoms with Gasteiger partial charge in [-0.1, -0.05) is 52.0 Å². The van der Waals surface area contributed by atoms with Crippen molar-refractivity contribution in [1.82, 2.24) is 0 Å². The summed E-state index contributed by atoms with van der Waals surface area (Å²) in [5.74, 6) is 0.603. The molecule has 4 atom stereocenters. The first-order valence-electron chi connectivity index (χ1n) is 11.7. The van der Waals surface area contributed by atoms with E-state index in [0.717, 1.165) is 32.3 Å². The zero-order chi connectivity index (χ0) is 22.2. The lowest BCUT2D eigenvalue weighted by Gasteiger charge is -2.42. The molecule has 1 aromatic rings. The van der Waals surface area contributed by atoms with Gasteiger partial charge < -0.3 is 19.4 Å². The molecule has 2 fully saturated rings. The van der Waals surface area contributed by atoms with Crippen molar-refractivity contribution in [2.24, 2.45) is 17.8 Å². The number of fused-ring (bicyclic) bond motifs is 2. The Morgan fingerprint density at radius 2 is 1.90 bits per heavy atom. The van der Waals surface area contributed by atoms with Crippen LogP contribution in [0, 0.1) is 17.8 Å². The van der Waals surface area contributed by atoms with Crippen LogP contribution in [-0.4, -0.2) is 44.5 Å². The Hall–Kier alpha value is -0.723. The topological polar surface area (TPSA) is 58.9 Å². The second-order valence-corrected chi connectivity index (χ2v) is 15.3. The molecule has 2 N–H and O–H groups in total. The molecule has 0 aromatic heterocycles. The second kappa shape index (κ2) is 9.03. The standard InChI is InChI=1S/C25H42O4Si/c1-18(2)24(3,4)30(5,6)28-15-9-11-19-10-7-8-12-21(19)25-14-13-23(29-25)20(16-26)22(25)17-27/h7-8,10,12,18,20,22-23,26-27H,9,11,13-17H2,1-6H3. The molecule has 2 heterocycles. The Balaban J connectivity index is 1.70. The molecule has 30 heavy (non-hydrogen) atoms. The summed E-state index contributed by atoms with van der Waals surface area (Å²) in [6.07, 6.45) is 3.88. The van der Waals surface area contributed by atoms with Crippen molar-refractivity contribution in [3.63, 3.8) is 0 Å². The molecule has 1 aromatic carbocycles. The summed E-state index contributed by atoms with van der Waals surface area (Å²) in [5.41, 5.74) is 2.06. The smallest absolute Gasteiger partial charge is 0.192 e. The van der Waals surface area contributed by atoms with E-state index < -0.39 is 13.9 Å². The number of benzene rings is 1. The van der Waals surface area contributed by atoms with Gasteiger partial charge in [0.15, 0.2) is 8.32 Å². The van der Waals surface area contributed by atoms with Crippen LogP contribution in [-0.2, 0) is 21.2 Å². The average molecular weight is 435 g/mol. The van der Waals surface area contributed by atoms with E-state index in [1.165, 1.54) is 11.1 Å². The highest BCUT2D eigenvalue weighted by atomic mass is 28.4. The predicted octanol–water partition coefficient (Wildman–Crippen LogP) is 4.88. The van der Waals surface area contributed by atoms with Crippen molar-refractivity contribution < 1.29 is 19.4 Å². The summed E-state index contributed by atoms with van der Waals surface area (Å²) in [4.78, 5) is 0. The summed E-state index contributed by atoms with van der Waals surface area (Å²) in [6, 6.07) is 8.53. The predicted molar refractivity (Wildman–Crippen MR) is 124 cm³/mol. The molecule has 4 nitrogen and oxygen atoms in total. The SMILES string of the molecule is CC(C)C(C)(C)[Si](C)(C)OCCCc1ccccc1C12CCC(O1)C(CO)C2CO. The molecule has 2 bridgehead atoms. The third-order valence-corrected chi connectivity index (χ3v) is 13.3. The molecular weight excluding hydrogens is 392 g/mol. The molecule has 170 valence electrons. The van der Waals surface area contributed by atoms with E-state index in [1.807, 2.05) is 0 Å². The molecule has 2 aliphatic heterocycles. The minimum atomic E-state index is -1.80. The molecule has 4 unspecified atom stereocenters. The maximum Gasteiger partial charge on any atom is 0.192 e. The highest BCUT2D eigenvalue weighted by molar-refractivity contribution is 6.74. The maximum atomic E-state index is 10.1. The van der Waals surface area contributed by atoms with E-state index in [9.17, 15) is 10.2 Å². The summed E-state index contributed by atoms with van der Waals surface area (Å²) in [7, 11) is -1.80. The number of aryl methyl sites for hydroxylation is 1. The lowest BCUT2D eigenvalue weighted by Crippen LogP contribution is -2.45. The van der Waals surface area contributed by atoms with Crippen molar-refractivity contribution >= 4 is 8.32 Å². The first-order chi connectivity index (χ1) is 14.1. The van der Waals surface area contributed by atoms with Gasteiger partial charge >= 0.3 is 0 Å². The molecule has 2 saturated heterocycles. The van der Waals surface area contributed by atoms with Crippen LogP contribution in [0.5, 0.6) is 0 Å². The Bertz CT molecular complexity index is 717. The highest BCUT2D eigenvalue weighted by Gasteiger charge is 2.59. The third-order valence-electron chi connectivity index (χ3n) is 8.68. The molecule has 0 amide bonds. The number of hydrogen-bond acceptors (Lipinski definition) is 4. The van der Waals surface area contributed by atoms with Crippen LogP contribution in [0.25, 0.3) is 0 Å². The first-order valence-corrected chi connectivity index (χ1v) is 14.6. The fraction of sp³-hybridized carbons (Fsp3) is 0.760. The minimum absolute atomic E-state index is 0.0307. The zero-order valence-corrected chi connectivity index (χ0v) is 20.8. The number of aliphatic hydroxyl groups is 2. The number of ether oxygens (including phenoxy) is 1. The summed E-state index contributed by atoms with van der Waals surface area (Å²) in [6.45, 7) is 14.9. The molecule has 2 aliphatic rings. The van der Waals surface area contributed by atoms with E-state index in [2.05, 4.69) is 65.1 Å². The van der Waals surface area contributed by atoms with E-state index in [-0.39, 0.29) is 36.2 Å². The van der Waals surface area contributed by atoms with Crippen LogP contribution >= 0.6 is 0 Å². The Morgan fingerprint density at radius 3 is 2.53 bits per heavy atom. The van der Waals surface area contributed by atoms with Gasteiger partial charge in [0.05, 0.1) is 11.7 Å². The lowest BCUT2D eigenvalue weighted by atomic mass is 9.68. The van der Waals surface area contributed by atoms with Gasteiger partial charge in [0, 0.05) is 31.7 Å². The quantitative estimate of drug-likeness (QED) is 0.407. The third kappa shape index (κ3) is 4.04. The van der Waals surface area contributed by atoms with Crippen molar-refractivity contribution in [2.45, 2.75) is 83.2 Å². The number of hydrogen-bond donors (Lipinski definition) is 2. The van der Waals surface area contributed by atoms with Gasteiger partial charge in [-0.15, -0.1) is 0 Å². The monoisotopic (exact) mass is 434 g/mol. The van der Waals surface area contributed by atoms with Gasteiger partial charge in [0.1, 0.15) is 0 Å². The Morgan fingerprint density at radius 1 is 1.20 bits per heavy atom. The van der Waals surface area contributed by atoms with Crippen molar-refractivity contribution in [3.8, 4) is 0 Å². The van der Waals surface area contributed by atoms with Crippen LogP contribution < -0.4 is 0 Å². The average Bonchev–Trinajstić information content (AvgIpc) is 3.28. The fourth-order valence-corrected chi connectivity index (χ4v) is 7.89. The minimum Gasteiger partial charge on any atom is -0.417 e. The Labute approximate surface area is 184 Å². The molecular formula is C25H42O4Si. The van der Waals surface area contributed by atoms with Gasteiger partial charge in [0.2, 0.25) is 0 Å². The summed E-state index contributed by atoms with van der Waals surface area (Å²) < 4.78 is 13.0. The van der Waals surface area contributed by atoms with Crippen molar-refractivity contribution in [2.75, 3.05) is 19.8 Å². The van der Waals surface area contributed by atoms with Crippen molar-refractivity contribution in [3.05, 3.63) is 35.4 Å². The van der Waals surface area contributed by atoms with Crippen LogP contribution in [0.2, 0.25) is 18.1 Å². The summed E-state index contributed by atoms with van der Waals surface area (Å²) >= 11 is 0. The van der Waals surface area contributed by atoms with E-state index in [0.29, 0.717) is 5.92 Å². The van der Waals surface area contributed by atoms with Gasteiger partial charge in [0.25, 0.3) is 0 Å². The highest BCUT2D eigenvalue weighted by Crippen LogP contribution is 2.57. The maximum absolute atomic E-state index is 10.1. The molecule has 0 radical (unpaired) electrons. The normalized spacial score (nSPS) is 29.2. The zero-order valence-electron chi connectivity index (χ0n) is 19.8. The van der Waals surface area contributed by atoms with Gasteiger partial charge in [-0.3, -0.25) is 0 Å². The van der Waals surface area contributed by atoms with Crippen LogP contribution in [0.1, 0.15) is 58.1 Å². The van der Waals surface area contributed by atoms with Gasteiger partial charge in [-0.2, -0.15) is 0 Å². The molecule has 0 aliphatic carbocycles. The first kappa shape index (κ1) is 23.9. The largest absolute Gasteiger partial charge is 0.417 e. The number of aliphatic hydroxyl groups excluding tert-OH is 2. The molecule has 0 spiro atoms. The van der Waals surface area contributed by atoms with E-state index in [1.54, 1.807) is 0 Å². The number of rotatable bonds is 10. The second-order valence-electron chi connectivity index (χ2n) is 10.7. The molecule has 0 saturated carbocycles. The van der Waals surface area contributed by atoms with E-state index in [4.69, 9.17) is 9.16 Å². The molecule has 5 heteroatoms. The molecule has 3 rings (SSSR count). The van der Waals surface area contributed by atoms with Crippen LogP contribution in [0.3, 0.4) is 0 Å².